The van der Waals surface area contributed by atoms with Crippen LogP contribution in [-0.4, -0.2) is 4.92 Å². The van der Waals surface area contributed by atoms with Gasteiger partial charge in [-0.05, 0) is 30.0 Å². The molecule has 2 rings (SSSR count). The summed E-state index contributed by atoms with van der Waals surface area (Å²) in [7, 11) is 0. The van der Waals surface area contributed by atoms with Crippen molar-refractivity contribution in [3.63, 3.8) is 0 Å². The minimum atomic E-state index is -0.530. The van der Waals surface area contributed by atoms with Gasteiger partial charge in [-0.1, -0.05) is 38.1 Å². The molecule has 1 heterocycles. The standard InChI is InChI=1S/C16H20N2O3/c1-11(2)13-4-6-14(7-5-13)12(3)17-10-15-8-9-16(21-15)18(19)20/h4-9,11-12,17H,10H2,1-3H3. The van der Waals surface area contributed by atoms with E-state index >= 15 is 0 Å². The van der Waals surface area contributed by atoms with Crippen LogP contribution in [0.3, 0.4) is 0 Å². The molecule has 5 nitrogen and oxygen atoms in total. The third kappa shape index (κ3) is 3.92. The molecule has 1 aromatic heterocycles. The summed E-state index contributed by atoms with van der Waals surface area (Å²) in [6.45, 7) is 6.85. The molecule has 0 spiro atoms. The maximum atomic E-state index is 10.6. The Labute approximate surface area is 124 Å². The topological polar surface area (TPSA) is 68.3 Å². The average Bonchev–Trinajstić information content (AvgIpc) is 2.94. The molecule has 1 N–H and O–H groups in total. The molecule has 0 fully saturated rings. The Morgan fingerprint density at radius 1 is 1.10 bits per heavy atom. The monoisotopic (exact) mass is 288 g/mol. The summed E-state index contributed by atoms with van der Waals surface area (Å²) >= 11 is 0. The van der Waals surface area contributed by atoms with Crippen LogP contribution < -0.4 is 5.32 Å². The molecular formula is C16H20N2O3. The molecule has 0 radical (unpaired) electrons. The van der Waals surface area contributed by atoms with Crippen LogP contribution >= 0.6 is 0 Å². The van der Waals surface area contributed by atoms with Crippen molar-refractivity contribution in [1.82, 2.24) is 5.32 Å². The van der Waals surface area contributed by atoms with Crippen molar-refractivity contribution in [2.75, 3.05) is 0 Å². The van der Waals surface area contributed by atoms with Gasteiger partial charge in [-0.2, -0.15) is 0 Å². The Balaban J connectivity index is 1.94. The zero-order chi connectivity index (χ0) is 15.4. The van der Waals surface area contributed by atoms with Crippen LogP contribution in [0, 0.1) is 10.1 Å². The van der Waals surface area contributed by atoms with Crippen LogP contribution in [-0.2, 0) is 6.54 Å². The molecule has 1 atom stereocenters. The zero-order valence-corrected chi connectivity index (χ0v) is 12.5. The number of hydrogen-bond acceptors (Lipinski definition) is 4. The van der Waals surface area contributed by atoms with Crippen molar-refractivity contribution in [2.45, 2.75) is 39.3 Å². The zero-order valence-electron chi connectivity index (χ0n) is 12.5. The summed E-state index contributed by atoms with van der Waals surface area (Å²) < 4.78 is 5.12. The van der Waals surface area contributed by atoms with Gasteiger partial charge in [0.15, 0.2) is 0 Å². The molecule has 0 aliphatic rings. The molecule has 1 aromatic carbocycles. The first-order valence-electron chi connectivity index (χ1n) is 7.03. The van der Waals surface area contributed by atoms with Gasteiger partial charge in [0, 0.05) is 6.04 Å². The van der Waals surface area contributed by atoms with Crippen LogP contribution in [0.2, 0.25) is 0 Å². The number of rotatable bonds is 6. The lowest BCUT2D eigenvalue weighted by atomic mass is 9.99. The Kier molecular flexibility index (Phi) is 4.75. The second-order valence-corrected chi connectivity index (χ2v) is 5.42. The number of benzene rings is 1. The molecule has 0 saturated heterocycles. The van der Waals surface area contributed by atoms with Crippen molar-refractivity contribution >= 4 is 5.88 Å². The SMILES string of the molecule is CC(C)c1ccc(C(C)NCc2ccc([N+](=O)[O-])o2)cc1. The minimum Gasteiger partial charge on any atom is -0.404 e. The summed E-state index contributed by atoms with van der Waals surface area (Å²) in [5, 5.41) is 13.9. The molecule has 1 unspecified atom stereocenters. The van der Waals surface area contributed by atoms with Gasteiger partial charge in [-0.3, -0.25) is 10.1 Å². The third-order valence-electron chi connectivity index (χ3n) is 3.51. The van der Waals surface area contributed by atoms with Gasteiger partial charge >= 0.3 is 5.88 Å². The number of furan rings is 1. The maximum absolute atomic E-state index is 10.6. The summed E-state index contributed by atoms with van der Waals surface area (Å²) in [4.78, 5) is 10.0. The van der Waals surface area contributed by atoms with Crippen LogP contribution in [0.1, 0.15) is 49.6 Å². The predicted molar refractivity (Wildman–Crippen MR) is 81.1 cm³/mol. The first-order chi connectivity index (χ1) is 9.97. The number of hydrogen-bond donors (Lipinski definition) is 1. The van der Waals surface area contributed by atoms with E-state index in [9.17, 15) is 10.1 Å². The summed E-state index contributed by atoms with van der Waals surface area (Å²) in [6.07, 6.45) is 0. The molecule has 0 amide bonds. The highest BCUT2D eigenvalue weighted by Gasteiger charge is 2.12. The normalized spacial score (nSPS) is 12.6. The van der Waals surface area contributed by atoms with Crippen LogP contribution in [0.5, 0.6) is 0 Å². The highest BCUT2D eigenvalue weighted by molar-refractivity contribution is 5.26. The van der Waals surface area contributed by atoms with Crippen molar-refractivity contribution in [3.8, 4) is 0 Å². The van der Waals surface area contributed by atoms with E-state index < -0.39 is 4.92 Å². The Morgan fingerprint density at radius 2 is 1.71 bits per heavy atom. The highest BCUT2D eigenvalue weighted by Crippen LogP contribution is 2.20. The second-order valence-electron chi connectivity index (χ2n) is 5.42. The van der Waals surface area contributed by atoms with E-state index in [1.165, 1.54) is 17.2 Å². The molecule has 0 aliphatic heterocycles. The van der Waals surface area contributed by atoms with E-state index in [0.717, 1.165) is 0 Å². The van der Waals surface area contributed by atoms with Crippen LogP contribution in [0.4, 0.5) is 5.88 Å². The van der Waals surface area contributed by atoms with Gasteiger partial charge in [0.05, 0.1) is 12.6 Å². The lowest BCUT2D eigenvalue weighted by molar-refractivity contribution is -0.402. The van der Waals surface area contributed by atoms with Crippen molar-refractivity contribution in [2.24, 2.45) is 0 Å². The quantitative estimate of drug-likeness (QED) is 0.640. The van der Waals surface area contributed by atoms with E-state index in [1.54, 1.807) is 6.07 Å². The Hall–Kier alpha value is -2.14. The molecule has 5 heteroatoms. The first kappa shape index (κ1) is 15.3. The fraction of sp³-hybridized carbons (Fsp3) is 0.375. The molecule has 112 valence electrons. The average molecular weight is 288 g/mol. The van der Waals surface area contributed by atoms with Crippen molar-refractivity contribution in [1.29, 1.82) is 0 Å². The highest BCUT2D eigenvalue weighted by atomic mass is 16.6. The van der Waals surface area contributed by atoms with Gasteiger partial charge in [0.1, 0.15) is 10.7 Å². The molecule has 2 aromatic rings. The number of nitrogens with one attached hydrogen (secondary N) is 1. The van der Waals surface area contributed by atoms with Crippen LogP contribution in [0.15, 0.2) is 40.8 Å². The Bertz CT molecular complexity index is 602. The van der Waals surface area contributed by atoms with E-state index in [-0.39, 0.29) is 11.9 Å². The summed E-state index contributed by atoms with van der Waals surface area (Å²) in [6, 6.07) is 11.6. The predicted octanol–water partition coefficient (Wildman–Crippen LogP) is 4.16. The molecule has 21 heavy (non-hydrogen) atoms. The van der Waals surface area contributed by atoms with Gasteiger partial charge in [-0.25, -0.2) is 0 Å². The first-order valence-corrected chi connectivity index (χ1v) is 7.03. The van der Waals surface area contributed by atoms with E-state index in [2.05, 4.69) is 50.4 Å². The fourth-order valence-corrected chi connectivity index (χ4v) is 2.10. The maximum Gasteiger partial charge on any atom is 0.433 e. The summed E-state index contributed by atoms with van der Waals surface area (Å²) in [5.74, 6) is 0.860. The summed E-state index contributed by atoms with van der Waals surface area (Å²) in [5.41, 5.74) is 2.49. The van der Waals surface area contributed by atoms with E-state index in [0.29, 0.717) is 18.2 Å². The van der Waals surface area contributed by atoms with Gasteiger partial charge < -0.3 is 9.73 Å². The molecule has 0 saturated carbocycles. The van der Waals surface area contributed by atoms with E-state index in [1.807, 2.05) is 0 Å². The van der Waals surface area contributed by atoms with Crippen molar-refractivity contribution in [3.05, 3.63) is 63.4 Å². The molecule has 0 aliphatic carbocycles. The van der Waals surface area contributed by atoms with Crippen LogP contribution in [0.25, 0.3) is 0 Å². The van der Waals surface area contributed by atoms with E-state index in [4.69, 9.17) is 4.42 Å². The van der Waals surface area contributed by atoms with Gasteiger partial charge in [-0.15, -0.1) is 0 Å². The Morgan fingerprint density at radius 3 is 2.24 bits per heavy atom. The second kappa shape index (κ2) is 6.54. The molecule has 0 bridgehead atoms. The van der Waals surface area contributed by atoms with Crippen molar-refractivity contribution < 1.29 is 9.34 Å². The lowest BCUT2D eigenvalue weighted by Gasteiger charge is -2.14. The number of nitrogens with zero attached hydrogens (tertiary/aromatic N) is 1. The van der Waals surface area contributed by atoms with Gasteiger partial charge in [0.25, 0.3) is 0 Å². The number of nitro groups is 1. The van der Waals surface area contributed by atoms with Gasteiger partial charge in [0.2, 0.25) is 0 Å². The minimum absolute atomic E-state index is 0.148. The lowest BCUT2D eigenvalue weighted by Crippen LogP contribution is -2.17. The smallest absolute Gasteiger partial charge is 0.404 e. The molecular weight excluding hydrogens is 268 g/mol. The third-order valence-corrected chi connectivity index (χ3v) is 3.51. The fourth-order valence-electron chi connectivity index (χ4n) is 2.10. The largest absolute Gasteiger partial charge is 0.433 e.